The number of pyridine rings is 1. The molecule has 0 bridgehead atoms. The van der Waals surface area contributed by atoms with Gasteiger partial charge in [0.2, 0.25) is 5.91 Å². The van der Waals surface area contributed by atoms with E-state index in [9.17, 15) is 26.4 Å². The van der Waals surface area contributed by atoms with Crippen LogP contribution in [0.2, 0.25) is 0 Å². The lowest BCUT2D eigenvalue weighted by Crippen LogP contribution is -2.16. The molecule has 1 aliphatic carbocycles. The monoisotopic (exact) mass is 384 g/mol. The normalized spacial score (nSPS) is 19.8. The zero-order valence-electron chi connectivity index (χ0n) is 13.6. The molecule has 138 valence electrons. The topological polar surface area (TPSA) is 76.1 Å². The van der Waals surface area contributed by atoms with Gasteiger partial charge in [-0.25, -0.2) is 13.4 Å². The number of sulfone groups is 1. The molecule has 0 unspecified atom stereocenters. The van der Waals surface area contributed by atoms with Crippen LogP contribution in [-0.4, -0.2) is 25.6 Å². The van der Waals surface area contributed by atoms with Crippen LogP contribution in [-0.2, 0) is 20.8 Å². The first-order chi connectivity index (χ1) is 12.1. The summed E-state index contributed by atoms with van der Waals surface area (Å²) in [5.41, 5.74) is -0.317. The Labute approximate surface area is 148 Å². The van der Waals surface area contributed by atoms with Crippen molar-refractivity contribution in [3.63, 3.8) is 0 Å². The van der Waals surface area contributed by atoms with Gasteiger partial charge in [0.25, 0.3) is 0 Å². The molecule has 1 amide bonds. The van der Waals surface area contributed by atoms with E-state index in [0.29, 0.717) is 6.42 Å². The number of hydrogen-bond acceptors (Lipinski definition) is 4. The molecule has 0 aliphatic heterocycles. The fourth-order valence-electron chi connectivity index (χ4n) is 2.82. The Bertz CT molecular complexity index is 940. The van der Waals surface area contributed by atoms with Crippen LogP contribution in [0, 0.1) is 5.92 Å². The van der Waals surface area contributed by atoms with Gasteiger partial charge >= 0.3 is 6.18 Å². The van der Waals surface area contributed by atoms with Crippen LogP contribution in [0.3, 0.4) is 0 Å². The van der Waals surface area contributed by atoms with Crippen LogP contribution in [0.1, 0.15) is 23.5 Å². The minimum Gasteiger partial charge on any atom is -0.324 e. The Morgan fingerprint density at radius 2 is 1.88 bits per heavy atom. The van der Waals surface area contributed by atoms with E-state index in [1.165, 1.54) is 36.5 Å². The van der Waals surface area contributed by atoms with Gasteiger partial charge in [0, 0.05) is 12.2 Å². The molecule has 5 nitrogen and oxygen atoms in total. The number of alkyl halides is 3. The lowest BCUT2D eigenvalue weighted by molar-refractivity contribution is -0.138. The Balaban J connectivity index is 1.71. The number of hydrogen-bond donors (Lipinski definition) is 1. The van der Waals surface area contributed by atoms with Crippen LogP contribution >= 0.6 is 0 Å². The maximum atomic E-state index is 13.1. The first-order valence-electron chi connectivity index (χ1n) is 7.70. The van der Waals surface area contributed by atoms with Gasteiger partial charge < -0.3 is 5.32 Å². The van der Waals surface area contributed by atoms with E-state index in [4.69, 9.17) is 0 Å². The van der Waals surface area contributed by atoms with Gasteiger partial charge in [0.15, 0.2) is 14.9 Å². The maximum Gasteiger partial charge on any atom is 0.416 e. The average Bonchev–Trinajstić information content (AvgIpc) is 3.34. The third-order valence-electron chi connectivity index (χ3n) is 4.18. The van der Waals surface area contributed by atoms with Gasteiger partial charge in [-0.1, -0.05) is 18.2 Å². The summed E-state index contributed by atoms with van der Waals surface area (Å²) in [5.74, 6) is -1.47. The summed E-state index contributed by atoms with van der Waals surface area (Å²) >= 11 is 0. The zero-order valence-corrected chi connectivity index (χ0v) is 14.4. The predicted molar refractivity (Wildman–Crippen MR) is 88.3 cm³/mol. The Hall–Kier alpha value is -2.42. The third-order valence-corrected chi connectivity index (χ3v) is 5.18. The van der Waals surface area contributed by atoms with Crippen LogP contribution < -0.4 is 5.32 Å². The minimum atomic E-state index is -4.47. The number of halogens is 3. The number of aromatic nitrogens is 1. The van der Waals surface area contributed by atoms with Crippen LogP contribution in [0.25, 0.3) is 0 Å². The number of carbonyl (C=O) groups excluding carboxylic acids is 1. The number of nitrogens with zero attached hydrogens (tertiary/aromatic N) is 1. The average molecular weight is 384 g/mol. The molecule has 1 aromatic carbocycles. The molecule has 1 aliphatic rings. The summed E-state index contributed by atoms with van der Waals surface area (Å²) in [7, 11) is -3.45. The van der Waals surface area contributed by atoms with Gasteiger partial charge in [0.1, 0.15) is 0 Å². The first kappa shape index (κ1) is 18.4. The van der Waals surface area contributed by atoms with Crippen molar-refractivity contribution in [2.45, 2.75) is 23.5 Å². The van der Waals surface area contributed by atoms with Crippen molar-refractivity contribution in [1.82, 2.24) is 4.98 Å². The number of rotatable bonds is 4. The second kappa shape index (κ2) is 6.39. The van der Waals surface area contributed by atoms with Gasteiger partial charge in [-0.3, -0.25) is 4.79 Å². The standard InChI is InChI=1S/C17H15F3N2O3S/c1-26(24,25)15-7-6-10(9-21-15)22-16(23)13-8-12(13)11-4-2-3-5-14(11)17(18,19)20/h2-7,9,12-13H,8H2,1H3,(H,22,23)/t12-,13+/m0/s1. The Morgan fingerprint density at radius 3 is 2.46 bits per heavy atom. The summed E-state index contributed by atoms with van der Waals surface area (Å²) in [6, 6.07) is 7.89. The maximum absolute atomic E-state index is 13.1. The number of anilines is 1. The molecule has 0 saturated heterocycles. The van der Waals surface area contributed by atoms with Crippen molar-refractivity contribution in [2.75, 3.05) is 11.6 Å². The van der Waals surface area contributed by atoms with E-state index in [2.05, 4.69) is 10.3 Å². The number of nitrogens with one attached hydrogen (secondary N) is 1. The SMILES string of the molecule is CS(=O)(=O)c1ccc(NC(=O)[C@@H]2C[C@H]2c2ccccc2C(F)(F)F)cn1. The Morgan fingerprint density at radius 1 is 1.19 bits per heavy atom. The van der Waals surface area contributed by atoms with Crippen molar-refractivity contribution in [3.05, 3.63) is 53.7 Å². The van der Waals surface area contributed by atoms with Gasteiger partial charge in [-0.05, 0) is 36.1 Å². The van der Waals surface area contributed by atoms with E-state index < -0.39 is 39.3 Å². The molecule has 0 radical (unpaired) electrons. The molecule has 1 aromatic heterocycles. The van der Waals surface area contributed by atoms with E-state index in [0.717, 1.165) is 12.3 Å². The molecule has 26 heavy (non-hydrogen) atoms. The number of amides is 1. The van der Waals surface area contributed by atoms with Gasteiger partial charge in [0.05, 0.1) is 17.4 Å². The van der Waals surface area contributed by atoms with E-state index in [1.54, 1.807) is 0 Å². The smallest absolute Gasteiger partial charge is 0.324 e. The zero-order chi connectivity index (χ0) is 19.1. The molecule has 1 saturated carbocycles. The summed E-state index contributed by atoms with van der Waals surface area (Å²) in [6.45, 7) is 0. The van der Waals surface area contributed by atoms with Crippen molar-refractivity contribution in [2.24, 2.45) is 5.92 Å². The highest BCUT2D eigenvalue weighted by Crippen LogP contribution is 2.51. The van der Waals surface area contributed by atoms with Crippen molar-refractivity contribution in [1.29, 1.82) is 0 Å². The fraction of sp³-hybridized carbons (Fsp3) is 0.294. The third kappa shape index (κ3) is 3.87. The first-order valence-corrected chi connectivity index (χ1v) is 9.59. The van der Waals surface area contributed by atoms with Crippen molar-refractivity contribution >= 4 is 21.4 Å². The fourth-order valence-corrected chi connectivity index (χ4v) is 3.37. The van der Waals surface area contributed by atoms with Gasteiger partial charge in [-0.2, -0.15) is 13.2 Å². The molecule has 9 heteroatoms. The van der Waals surface area contributed by atoms with Crippen LogP contribution in [0.15, 0.2) is 47.6 Å². The molecule has 3 rings (SSSR count). The van der Waals surface area contributed by atoms with E-state index in [-0.39, 0.29) is 16.3 Å². The lowest BCUT2D eigenvalue weighted by Gasteiger charge is -2.12. The molecule has 2 aromatic rings. The predicted octanol–water partition coefficient (Wildman–Crippen LogP) is 3.25. The number of carbonyl (C=O) groups is 1. The van der Waals surface area contributed by atoms with Gasteiger partial charge in [-0.15, -0.1) is 0 Å². The van der Waals surface area contributed by atoms with E-state index >= 15 is 0 Å². The largest absolute Gasteiger partial charge is 0.416 e. The number of benzene rings is 1. The summed E-state index contributed by atoms with van der Waals surface area (Å²) in [6.07, 6.45) is -1.92. The quantitative estimate of drug-likeness (QED) is 0.878. The molecule has 2 atom stereocenters. The molecule has 0 spiro atoms. The lowest BCUT2D eigenvalue weighted by atomic mass is 10.0. The van der Waals surface area contributed by atoms with Crippen LogP contribution in [0.5, 0.6) is 0 Å². The molecule has 1 heterocycles. The molecular weight excluding hydrogens is 369 g/mol. The minimum absolute atomic E-state index is 0.116. The Kier molecular flexibility index (Phi) is 4.51. The van der Waals surface area contributed by atoms with Crippen LogP contribution in [0.4, 0.5) is 18.9 Å². The highest BCUT2D eigenvalue weighted by Gasteiger charge is 2.47. The van der Waals surface area contributed by atoms with Crippen molar-refractivity contribution in [3.8, 4) is 0 Å². The summed E-state index contributed by atoms with van der Waals surface area (Å²) in [4.78, 5) is 16.0. The van der Waals surface area contributed by atoms with Crippen molar-refractivity contribution < 1.29 is 26.4 Å². The second-order valence-electron chi connectivity index (χ2n) is 6.18. The summed E-state index contributed by atoms with van der Waals surface area (Å²) in [5, 5.41) is 2.44. The molecule has 1 fully saturated rings. The summed E-state index contributed by atoms with van der Waals surface area (Å²) < 4.78 is 62.0. The highest BCUT2D eigenvalue weighted by molar-refractivity contribution is 7.90. The van der Waals surface area contributed by atoms with E-state index in [1.807, 2.05) is 0 Å². The second-order valence-corrected chi connectivity index (χ2v) is 8.14. The molecular formula is C17H15F3N2O3S. The highest BCUT2D eigenvalue weighted by atomic mass is 32.2. The molecule has 1 N–H and O–H groups in total.